The summed E-state index contributed by atoms with van der Waals surface area (Å²) in [5.41, 5.74) is 1.85. The number of benzene rings is 2. The third kappa shape index (κ3) is 6.28. The molecule has 9 nitrogen and oxygen atoms in total. The lowest BCUT2D eigenvalue weighted by Gasteiger charge is -2.37. The zero-order valence-electron chi connectivity index (χ0n) is 22.4. The van der Waals surface area contributed by atoms with Crippen LogP contribution in [0.3, 0.4) is 0 Å². The van der Waals surface area contributed by atoms with Crippen molar-refractivity contribution in [2.75, 3.05) is 39.2 Å². The van der Waals surface area contributed by atoms with E-state index in [1.54, 1.807) is 50.4 Å². The number of aliphatic hydroxyl groups is 1. The summed E-state index contributed by atoms with van der Waals surface area (Å²) in [7, 11) is 3.17. The maximum atomic E-state index is 14.1. The highest BCUT2D eigenvalue weighted by molar-refractivity contribution is 5.98. The smallest absolute Gasteiger partial charge is 0.321 e. The fourth-order valence-electron chi connectivity index (χ4n) is 4.41. The first-order valence-corrected chi connectivity index (χ1v) is 12.7. The van der Waals surface area contributed by atoms with Gasteiger partial charge in [0, 0.05) is 31.3 Å². The SMILES string of the molecule is COc1cccc(-c2cnc3c(c2)C(=O)N([C@H](C)CO)C[C@@H](C)[C@H](CN(C)C(=O)Nc2ccccc2F)O3)c1. The van der Waals surface area contributed by atoms with Gasteiger partial charge in [0.1, 0.15) is 23.2 Å². The average molecular weight is 537 g/mol. The number of para-hydroxylation sites is 1. The van der Waals surface area contributed by atoms with Crippen molar-refractivity contribution in [3.05, 3.63) is 72.2 Å². The summed E-state index contributed by atoms with van der Waals surface area (Å²) in [5, 5.41) is 12.5. The van der Waals surface area contributed by atoms with E-state index in [-0.39, 0.29) is 48.7 Å². The Hall–Kier alpha value is -4.18. The molecule has 10 heteroatoms. The maximum absolute atomic E-state index is 14.1. The molecule has 1 aliphatic heterocycles. The van der Waals surface area contributed by atoms with Crippen molar-refractivity contribution < 1.29 is 28.6 Å². The molecule has 0 bridgehead atoms. The molecule has 0 saturated heterocycles. The largest absolute Gasteiger partial charge is 0.497 e. The van der Waals surface area contributed by atoms with Crippen LogP contribution in [0.15, 0.2) is 60.8 Å². The van der Waals surface area contributed by atoms with E-state index in [9.17, 15) is 19.1 Å². The minimum absolute atomic E-state index is 0.0756. The van der Waals surface area contributed by atoms with Crippen LogP contribution in [0.1, 0.15) is 24.2 Å². The van der Waals surface area contributed by atoms with E-state index in [1.165, 1.54) is 17.0 Å². The molecular weight excluding hydrogens is 503 g/mol. The molecular formula is C29H33FN4O5. The van der Waals surface area contributed by atoms with Gasteiger partial charge in [-0.1, -0.05) is 31.2 Å². The fourth-order valence-corrected chi connectivity index (χ4v) is 4.41. The molecule has 1 aromatic heterocycles. The van der Waals surface area contributed by atoms with Gasteiger partial charge >= 0.3 is 6.03 Å². The third-order valence-corrected chi connectivity index (χ3v) is 6.84. The van der Waals surface area contributed by atoms with Gasteiger partial charge < -0.3 is 29.7 Å². The van der Waals surface area contributed by atoms with E-state index in [1.807, 2.05) is 31.2 Å². The normalized spacial score (nSPS) is 17.8. The van der Waals surface area contributed by atoms with Crippen LogP contribution in [0, 0.1) is 11.7 Å². The van der Waals surface area contributed by atoms with Crippen molar-refractivity contribution in [3.8, 4) is 22.8 Å². The summed E-state index contributed by atoms with van der Waals surface area (Å²) in [6.07, 6.45) is 1.08. The highest BCUT2D eigenvalue weighted by Gasteiger charge is 2.35. The number of hydrogen-bond donors (Lipinski definition) is 2. The van der Waals surface area contributed by atoms with Crippen LogP contribution in [0.2, 0.25) is 0 Å². The number of likely N-dealkylation sites (N-methyl/N-ethyl adjacent to an activating group) is 1. The van der Waals surface area contributed by atoms with Gasteiger partial charge in [0.05, 0.1) is 32.0 Å². The second-order valence-corrected chi connectivity index (χ2v) is 9.72. The number of methoxy groups -OCH3 is 1. The molecule has 0 fully saturated rings. The Morgan fingerprint density at radius 1 is 1.26 bits per heavy atom. The maximum Gasteiger partial charge on any atom is 0.321 e. The van der Waals surface area contributed by atoms with Gasteiger partial charge in [-0.25, -0.2) is 14.2 Å². The molecule has 0 aliphatic carbocycles. The quantitative estimate of drug-likeness (QED) is 0.467. The van der Waals surface area contributed by atoms with E-state index in [0.29, 0.717) is 11.3 Å². The van der Waals surface area contributed by atoms with Gasteiger partial charge in [-0.3, -0.25) is 4.79 Å². The minimum Gasteiger partial charge on any atom is -0.497 e. The molecule has 3 atom stereocenters. The second kappa shape index (κ2) is 12.1. The minimum atomic E-state index is -0.545. The molecule has 2 aromatic carbocycles. The number of nitrogens with one attached hydrogen (secondary N) is 1. The molecule has 3 amide bonds. The zero-order chi connectivity index (χ0) is 28.1. The van der Waals surface area contributed by atoms with Crippen LogP contribution in [0.25, 0.3) is 11.1 Å². The van der Waals surface area contributed by atoms with Crippen LogP contribution in [-0.4, -0.2) is 77.8 Å². The topological polar surface area (TPSA) is 104 Å². The van der Waals surface area contributed by atoms with Gasteiger partial charge in [-0.15, -0.1) is 0 Å². The molecule has 206 valence electrons. The molecule has 1 aliphatic rings. The molecule has 0 spiro atoms. The van der Waals surface area contributed by atoms with Crippen molar-refractivity contribution in [1.82, 2.24) is 14.8 Å². The van der Waals surface area contributed by atoms with Crippen molar-refractivity contribution in [2.24, 2.45) is 5.92 Å². The number of fused-ring (bicyclic) bond motifs is 1. The number of hydrogen-bond acceptors (Lipinski definition) is 6. The summed E-state index contributed by atoms with van der Waals surface area (Å²) in [6, 6.07) is 14.1. The van der Waals surface area contributed by atoms with Gasteiger partial charge in [0.2, 0.25) is 5.88 Å². The first-order valence-electron chi connectivity index (χ1n) is 12.7. The number of halogens is 1. The number of aliphatic hydroxyl groups excluding tert-OH is 1. The summed E-state index contributed by atoms with van der Waals surface area (Å²) in [6.45, 7) is 3.90. The van der Waals surface area contributed by atoms with E-state index < -0.39 is 24.0 Å². The Balaban J connectivity index is 1.64. The second-order valence-electron chi connectivity index (χ2n) is 9.72. The Morgan fingerprint density at radius 2 is 2.03 bits per heavy atom. The van der Waals surface area contributed by atoms with Crippen LogP contribution >= 0.6 is 0 Å². The van der Waals surface area contributed by atoms with E-state index in [0.717, 1.165) is 5.56 Å². The molecule has 3 aromatic rings. The monoisotopic (exact) mass is 536 g/mol. The van der Waals surface area contributed by atoms with Crippen LogP contribution in [0.5, 0.6) is 11.6 Å². The Bertz CT molecular complexity index is 1340. The standard InChI is InChI=1S/C29H33FN4O5/c1-18-15-34(19(2)17-35)28(36)23-13-21(20-8-7-9-22(12-20)38-4)14-31-27(23)39-26(18)16-33(3)29(37)32-25-11-6-5-10-24(25)30/h5-14,18-19,26,35H,15-17H2,1-4H3,(H,32,37)/t18-,19-,26+/m1/s1. The zero-order valence-corrected chi connectivity index (χ0v) is 22.4. The summed E-state index contributed by atoms with van der Waals surface area (Å²) in [4.78, 5) is 34.0. The number of urea groups is 1. The van der Waals surface area contributed by atoms with Gasteiger partial charge in [0.25, 0.3) is 5.91 Å². The number of pyridine rings is 1. The van der Waals surface area contributed by atoms with Crippen molar-refractivity contribution in [3.63, 3.8) is 0 Å². The fraction of sp³-hybridized carbons (Fsp3) is 0.345. The van der Waals surface area contributed by atoms with E-state index >= 15 is 0 Å². The summed E-state index contributed by atoms with van der Waals surface area (Å²) >= 11 is 0. The molecule has 2 N–H and O–H groups in total. The Kier molecular flexibility index (Phi) is 8.65. The van der Waals surface area contributed by atoms with Gasteiger partial charge in [0.15, 0.2) is 0 Å². The van der Waals surface area contributed by atoms with E-state index in [4.69, 9.17) is 9.47 Å². The first kappa shape index (κ1) is 27.8. The number of carbonyl (C=O) groups is 2. The number of aromatic nitrogens is 1. The third-order valence-electron chi connectivity index (χ3n) is 6.84. The molecule has 0 radical (unpaired) electrons. The molecule has 39 heavy (non-hydrogen) atoms. The average Bonchev–Trinajstić information content (AvgIpc) is 2.95. The van der Waals surface area contributed by atoms with Crippen molar-refractivity contribution >= 4 is 17.6 Å². The highest BCUT2D eigenvalue weighted by Crippen LogP contribution is 2.31. The number of carbonyl (C=O) groups excluding carboxylic acids is 2. The van der Waals surface area contributed by atoms with Crippen LogP contribution in [-0.2, 0) is 0 Å². The molecule has 4 rings (SSSR count). The molecule has 0 saturated carbocycles. The lowest BCUT2D eigenvalue weighted by Crippen LogP contribution is -2.50. The molecule has 2 heterocycles. The van der Waals surface area contributed by atoms with Crippen molar-refractivity contribution in [2.45, 2.75) is 26.0 Å². The summed E-state index contributed by atoms with van der Waals surface area (Å²) < 4.78 is 25.7. The number of nitrogens with zero attached hydrogens (tertiary/aromatic N) is 3. The lowest BCUT2D eigenvalue weighted by molar-refractivity contribution is 0.0356. The van der Waals surface area contributed by atoms with Crippen LogP contribution in [0.4, 0.5) is 14.9 Å². The molecule has 0 unspecified atom stereocenters. The predicted molar refractivity (Wildman–Crippen MR) is 145 cm³/mol. The number of rotatable bonds is 7. The van der Waals surface area contributed by atoms with Crippen molar-refractivity contribution in [1.29, 1.82) is 0 Å². The number of anilines is 1. The number of amides is 3. The predicted octanol–water partition coefficient (Wildman–Crippen LogP) is 4.28. The first-order chi connectivity index (χ1) is 18.7. The van der Waals surface area contributed by atoms with Gasteiger partial charge in [-0.2, -0.15) is 0 Å². The Morgan fingerprint density at radius 3 is 2.74 bits per heavy atom. The van der Waals surface area contributed by atoms with Gasteiger partial charge in [-0.05, 0) is 42.8 Å². The Labute approximate surface area is 227 Å². The highest BCUT2D eigenvalue weighted by atomic mass is 19.1. The van der Waals surface area contributed by atoms with E-state index in [2.05, 4.69) is 10.3 Å². The number of ether oxygens (including phenoxy) is 2. The lowest BCUT2D eigenvalue weighted by atomic mass is 9.99. The summed E-state index contributed by atoms with van der Waals surface area (Å²) in [5.74, 6) is -0.254. The van der Waals surface area contributed by atoms with Crippen LogP contribution < -0.4 is 14.8 Å².